The van der Waals surface area contributed by atoms with Gasteiger partial charge in [-0.15, -0.1) is 0 Å². The van der Waals surface area contributed by atoms with Crippen molar-refractivity contribution in [3.63, 3.8) is 0 Å². The van der Waals surface area contributed by atoms with Crippen LogP contribution in [-0.2, 0) is 9.53 Å². The Labute approximate surface area is 107 Å². The Morgan fingerprint density at radius 1 is 1.22 bits per heavy atom. The molecule has 18 heavy (non-hydrogen) atoms. The highest BCUT2D eigenvalue weighted by Crippen LogP contribution is 2.21. The van der Waals surface area contributed by atoms with Gasteiger partial charge in [0.2, 0.25) is 0 Å². The van der Waals surface area contributed by atoms with Crippen molar-refractivity contribution in [2.75, 3.05) is 7.11 Å². The van der Waals surface area contributed by atoms with Crippen molar-refractivity contribution in [2.24, 2.45) is 5.92 Å². The van der Waals surface area contributed by atoms with Crippen LogP contribution < -0.4 is 0 Å². The number of rotatable bonds is 2. The lowest BCUT2D eigenvalue weighted by atomic mass is 10.0. The lowest BCUT2D eigenvalue weighted by molar-refractivity contribution is -0.134. The van der Waals surface area contributed by atoms with Crippen LogP contribution in [-0.4, -0.2) is 13.1 Å². The summed E-state index contributed by atoms with van der Waals surface area (Å²) in [5, 5.41) is 0. The number of esters is 1. The van der Waals surface area contributed by atoms with Gasteiger partial charge in [0.1, 0.15) is 0 Å². The largest absolute Gasteiger partial charge is 0.466 e. The predicted molar refractivity (Wildman–Crippen MR) is 74.7 cm³/mol. The molecule has 2 heteroatoms. The number of hydrogen-bond acceptors (Lipinski definition) is 2. The maximum atomic E-state index is 11.0. The van der Waals surface area contributed by atoms with Gasteiger partial charge in [-0.05, 0) is 34.8 Å². The summed E-state index contributed by atoms with van der Waals surface area (Å²) in [4.78, 5) is 11.0. The van der Waals surface area contributed by atoms with Crippen LogP contribution in [0.5, 0.6) is 0 Å². The summed E-state index contributed by atoms with van der Waals surface area (Å²) in [6, 6.07) is 6.12. The average molecular weight is 240 g/mol. The van der Waals surface area contributed by atoms with Crippen molar-refractivity contribution in [1.29, 1.82) is 0 Å². The Balaban J connectivity index is 2.28. The molecule has 2 nitrogen and oxygen atoms in total. The van der Waals surface area contributed by atoms with Crippen molar-refractivity contribution in [3.8, 4) is 0 Å². The highest BCUT2D eigenvalue weighted by molar-refractivity contribution is 5.87. The molecule has 1 atom stereocenters. The first-order valence-corrected chi connectivity index (χ1v) is 5.95. The lowest BCUT2D eigenvalue weighted by Gasteiger charge is -2.02. The normalized spacial score (nSPS) is 17.6. The van der Waals surface area contributed by atoms with E-state index in [1.165, 1.54) is 24.3 Å². The molecule has 0 aliphatic heterocycles. The van der Waals surface area contributed by atoms with E-state index < -0.39 is 0 Å². The molecule has 1 aromatic rings. The molecule has 1 unspecified atom stereocenters. The third-order valence-corrected chi connectivity index (χ3v) is 2.88. The van der Waals surface area contributed by atoms with Gasteiger partial charge in [0, 0.05) is 6.08 Å². The van der Waals surface area contributed by atoms with E-state index in [0.29, 0.717) is 5.92 Å². The van der Waals surface area contributed by atoms with Crippen molar-refractivity contribution in [2.45, 2.75) is 6.92 Å². The predicted octanol–water partition coefficient (Wildman–Crippen LogP) is 3.55. The van der Waals surface area contributed by atoms with Crippen molar-refractivity contribution < 1.29 is 9.53 Å². The summed E-state index contributed by atoms with van der Waals surface area (Å²) in [5.41, 5.74) is 3.36. The molecule has 0 amide bonds. The number of ether oxygens (including phenoxy) is 1. The van der Waals surface area contributed by atoms with Crippen LogP contribution in [0.4, 0.5) is 0 Å². The molecule has 0 saturated carbocycles. The van der Waals surface area contributed by atoms with Crippen LogP contribution in [0.3, 0.4) is 0 Å². The minimum Gasteiger partial charge on any atom is -0.466 e. The molecule has 0 heterocycles. The Morgan fingerprint density at radius 3 is 2.67 bits per heavy atom. The van der Waals surface area contributed by atoms with Crippen molar-refractivity contribution >= 4 is 24.2 Å². The molecule has 2 rings (SSSR count). The molecule has 1 aromatic carbocycles. The smallest absolute Gasteiger partial charge is 0.330 e. The van der Waals surface area contributed by atoms with Crippen LogP contribution in [0.2, 0.25) is 0 Å². The van der Waals surface area contributed by atoms with Gasteiger partial charge in [0.05, 0.1) is 7.11 Å². The number of fused-ring (bicyclic) bond motifs is 1. The van der Waals surface area contributed by atoms with Crippen LogP contribution >= 0.6 is 0 Å². The average Bonchev–Trinajstić information content (AvgIpc) is 2.58. The molecule has 0 radical (unpaired) electrons. The molecule has 0 spiro atoms. The maximum Gasteiger partial charge on any atom is 0.330 e. The molecule has 0 fully saturated rings. The van der Waals surface area contributed by atoms with E-state index in [9.17, 15) is 4.79 Å². The molecule has 1 aliphatic rings. The summed E-state index contributed by atoms with van der Waals surface area (Å²) in [7, 11) is 1.37. The maximum absolute atomic E-state index is 11.0. The number of benzene rings is 1. The van der Waals surface area contributed by atoms with E-state index in [1.54, 1.807) is 6.08 Å². The first kappa shape index (κ1) is 12.4. The van der Waals surface area contributed by atoms with Gasteiger partial charge in [-0.2, -0.15) is 0 Å². The molecular formula is C16H16O2. The van der Waals surface area contributed by atoms with Crippen LogP contribution in [0.1, 0.15) is 23.6 Å². The fourth-order valence-corrected chi connectivity index (χ4v) is 1.80. The number of allylic oxidation sites excluding steroid dienone is 2. The SMILES string of the molecule is COC(=O)/C=C/c1ccc2c(c1)C=CC(C)C=C2. The topological polar surface area (TPSA) is 26.3 Å². The fourth-order valence-electron chi connectivity index (χ4n) is 1.80. The molecule has 1 aliphatic carbocycles. The third kappa shape index (κ3) is 2.98. The van der Waals surface area contributed by atoms with E-state index in [1.807, 2.05) is 6.07 Å². The minimum atomic E-state index is -0.339. The summed E-state index contributed by atoms with van der Waals surface area (Å²) in [5.74, 6) is 0.112. The molecule has 0 aromatic heterocycles. The summed E-state index contributed by atoms with van der Waals surface area (Å²) >= 11 is 0. The number of carbonyl (C=O) groups excluding carboxylic acids is 1. The Bertz CT molecular complexity index is 536. The molecule has 92 valence electrons. The fraction of sp³-hybridized carbons (Fsp3) is 0.188. The third-order valence-electron chi connectivity index (χ3n) is 2.88. The summed E-state index contributed by atoms with van der Waals surface area (Å²) in [6.07, 6.45) is 11.8. The van der Waals surface area contributed by atoms with Gasteiger partial charge in [-0.25, -0.2) is 4.79 Å². The number of hydrogen-bond donors (Lipinski definition) is 0. The molecular weight excluding hydrogens is 224 g/mol. The van der Waals surface area contributed by atoms with E-state index in [0.717, 1.165) is 5.56 Å². The summed E-state index contributed by atoms with van der Waals surface area (Å²) in [6.45, 7) is 2.15. The van der Waals surface area contributed by atoms with Crippen LogP contribution in [0, 0.1) is 5.92 Å². The Hall–Kier alpha value is -2.09. The lowest BCUT2D eigenvalue weighted by Crippen LogP contribution is -1.93. The first-order valence-electron chi connectivity index (χ1n) is 5.95. The van der Waals surface area contributed by atoms with Gasteiger partial charge < -0.3 is 4.74 Å². The molecule has 0 bridgehead atoms. The first-order chi connectivity index (χ1) is 8.69. The number of carbonyl (C=O) groups is 1. The zero-order valence-electron chi connectivity index (χ0n) is 10.6. The Morgan fingerprint density at radius 2 is 1.94 bits per heavy atom. The van der Waals surface area contributed by atoms with Gasteiger partial charge in [0.25, 0.3) is 0 Å². The molecule has 0 saturated heterocycles. The van der Waals surface area contributed by atoms with Crippen molar-refractivity contribution in [3.05, 3.63) is 53.1 Å². The van der Waals surface area contributed by atoms with Crippen LogP contribution in [0.25, 0.3) is 18.2 Å². The van der Waals surface area contributed by atoms with E-state index in [-0.39, 0.29) is 5.97 Å². The zero-order chi connectivity index (χ0) is 13.0. The van der Waals surface area contributed by atoms with Crippen LogP contribution in [0.15, 0.2) is 36.4 Å². The zero-order valence-corrected chi connectivity index (χ0v) is 10.6. The van der Waals surface area contributed by atoms with Gasteiger partial charge in [-0.3, -0.25) is 0 Å². The molecule has 0 N–H and O–H groups in total. The van der Waals surface area contributed by atoms with E-state index in [2.05, 4.69) is 48.1 Å². The standard InChI is InChI=1S/C16H16O2/c1-12-3-7-14-9-5-13(6-10-16(17)18-2)11-15(14)8-4-12/h3-12H,1-2H3/b10-6+. The van der Waals surface area contributed by atoms with Crippen molar-refractivity contribution in [1.82, 2.24) is 0 Å². The van der Waals surface area contributed by atoms with Gasteiger partial charge in [0.15, 0.2) is 0 Å². The highest BCUT2D eigenvalue weighted by atomic mass is 16.5. The van der Waals surface area contributed by atoms with E-state index >= 15 is 0 Å². The second-order valence-corrected chi connectivity index (χ2v) is 4.32. The second kappa shape index (κ2) is 5.50. The monoisotopic (exact) mass is 240 g/mol. The van der Waals surface area contributed by atoms with Gasteiger partial charge >= 0.3 is 5.97 Å². The minimum absolute atomic E-state index is 0.339. The quantitative estimate of drug-likeness (QED) is 0.583. The van der Waals surface area contributed by atoms with Gasteiger partial charge in [-0.1, -0.05) is 43.4 Å². The Kier molecular flexibility index (Phi) is 3.78. The number of methoxy groups -OCH3 is 1. The summed E-state index contributed by atoms with van der Waals surface area (Å²) < 4.78 is 4.57. The second-order valence-electron chi connectivity index (χ2n) is 4.32. The van der Waals surface area contributed by atoms with E-state index in [4.69, 9.17) is 0 Å². The highest BCUT2D eigenvalue weighted by Gasteiger charge is 2.02.